The Balaban J connectivity index is 1.79. The first-order valence-electron chi connectivity index (χ1n) is 9.49. The van der Waals surface area contributed by atoms with E-state index in [1.54, 1.807) is 0 Å². The maximum atomic E-state index is 7.23. The fourth-order valence-electron chi connectivity index (χ4n) is 2.84. The number of hydrogen-bond donors (Lipinski definition) is 1. The lowest BCUT2D eigenvalue weighted by atomic mass is 10.0. The predicted octanol–water partition coefficient (Wildman–Crippen LogP) is 5.29. The number of rotatable bonds is 10. The van der Waals surface area contributed by atoms with Crippen molar-refractivity contribution in [2.75, 3.05) is 13.7 Å². The highest BCUT2D eigenvalue weighted by Crippen LogP contribution is 2.19. The van der Waals surface area contributed by atoms with E-state index in [0.717, 1.165) is 25.1 Å². The Hall–Kier alpha value is -2.13. The Morgan fingerprint density at radius 3 is 2.15 bits per heavy atom. The molecule has 0 aliphatic carbocycles. The highest BCUT2D eigenvalue weighted by atomic mass is 16.5. The van der Waals surface area contributed by atoms with E-state index in [9.17, 15) is 0 Å². The molecular weight excluding hydrogens is 320 g/mol. The van der Waals surface area contributed by atoms with Gasteiger partial charge in [-0.15, -0.1) is 0 Å². The van der Waals surface area contributed by atoms with Crippen LogP contribution in [0.2, 0.25) is 0 Å². The van der Waals surface area contributed by atoms with Gasteiger partial charge in [-0.1, -0.05) is 50.2 Å². The molecule has 2 aromatic rings. The van der Waals surface area contributed by atoms with Gasteiger partial charge in [0.1, 0.15) is 5.75 Å². The third kappa shape index (κ3) is 6.30. The third-order valence-electron chi connectivity index (χ3n) is 4.87. The minimum Gasteiger partial charge on any atom is -0.493 e. The third-order valence-corrected chi connectivity index (χ3v) is 4.87. The second kappa shape index (κ2) is 10.1. The topological polar surface area (TPSA) is 36.3 Å². The normalized spacial score (nSPS) is 12.4. The minimum atomic E-state index is 0.391. The fraction of sp³-hybridized carbons (Fsp3) is 0.435. The molecule has 0 spiro atoms. The first-order valence-corrected chi connectivity index (χ1v) is 9.49. The first-order chi connectivity index (χ1) is 12.5. The molecule has 0 bridgehead atoms. The summed E-state index contributed by atoms with van der Waals surface area (Å²) in [5, 5.41) is 7.23. The zero-order valence-electron chi connectivity index (χ0n) is 16.5. The largest absolute Gasteiger partial charge is 0.493 e. The van der Waals surface area contributed by atoms with Crippen molar-refractivity contribution in [3.05, 3.63) is 65.2 Å². The summed E-state index contributed by atoms with van der Waals surface area (Å²) in [5.74, 6) is 1.49. The quantitative estimate of drug-likeness (QED) is 0.590. The molecule has 1 atom stereocenters. The maximum Gasteiger partial charge on any atom is 0.119 e. The summed E-state index contributed by atoms with van der Waals surface area (Å²) in [7, 11) is 2.11. The van der Waals surface area contributed by atoms with E-state index in [2.05, 4.69) is 81.2 Å². The molecule has 0 heterocycles. The molecule has 0 saturated heterocycles. The van der Waals surface area contributed by atoms with Gasteiger partial charge in [-0.3, -0.25) is 4.90 Å². The second-order valence-corrected chi connectivity index (χ2v) is 7.34. The van der Waals surface area contributed by atoms with E-state index in [4.69, 9.17) is 10.1 Å². The Morgan fingerprint density at radius 2 is 1.58 bits per heavy atom. The van der Waals surface area contributed by atoms with Crippen LogP contribution in [0.25, 0.3) is 0 Å². The summed E-state index contributed by atoms with van der Waals surface area (Å²) >= 11 is 0. The summed E-state index contributed by atoms with van der Waals surface area (Å²) in [6.07, 6.45) is 3.19. The molecule has 0 aliphatic rings. The maximum absolute atomic E-state index is 7.23. The van der Waals surface area contributed by atoms with Crippen molar-refractivity contribution < 1.29 is 4.74 Å². The minimum absolute atomic E-state index is 0.391. The van der Waals surface area contributed by atoms with Crippen molar-refractivity contribution in [1.29, 1.82) is 5.41 Å². The molecule has 2 rings (SSSR count). The van der Waals surface area contributed by atoms with Gasteiger partial charge in [0.2, 0.25) is 0 Å². The number of ether oxygens (including phenoxy) is 1. The van der Waals surface area contributed by atoms with Crippen LogP contribution in [-0.4, -0.2) is 30.8 Å². The molecule has 2 aromatic carbocycles. The van der Waals surface area contributed by atoms with E-state index >= 15 is 0 Å². The summed E-state index contributed by atoms with van der Waals surface area (Å²) in [5.41, 5.74) is 3.94. The van der Waals surface area contributed by atoms with Gasteiger partial charge in [-0.2, -0.15) is 0 Å². The van der Waals surface area contributed by atoms with Crippen molar-refractivity contribution in [2.45, 2.75) is 52.1 Å². The van der Waals surface area contributed by atoms with E-state index in [-0.39, 0.29) is 0 Å². The molecule has 140 valence electrons. The van der Waals surface area contributed by atoms with Gasteiger partial charge in [0.05, 0.1) is 6.61 Å². The predicted molar refractivity (Wildman–Crippen MR) is 111 cm³/mol. The lowest BCUT2D eigenvalue weighted by Gasteiger charge is -2.23. The van der Waals surface area contributed by atoms with Crippen LogP contribution < -0.4 is 4.74 Å². The van der Waals surface area contributed by atoms with Gasteiger partial charge in [0, 0.05) is 19.0 Å². The second-order valence-electron chi connectivity index (χ2n) is 7.34. The first kappa shape index (κ1) is 20.2. The van der Waals surface area contributed by atoms with Crippen molar-refractivity contribution in [3.63, 3.8) is 0 Å². The molecule has 0 amide bonds. The van der Waals surface area contributed by atoms with E-state index in [1.165, 1.54) is 22.9 Å². The SMILES string of the molecule is CC(C)c1ccc(OCCc2ccc(CN(C)C(C)CC=N)cc2)cc1. The molecule has 0 radical (unpaired) electrons. The highest BCUT2D eigenvalue weighted by Gasteiger charge is 2.08. The van der Waals surface area contributed by atoms with Gasteiger partial charge in [-0.05, 0) is 61.3 Å². The Labute approximate surface area is 158 Å². The van der Waals surface area contributed by atoms with Crippen LogP contribution in [-0.2, 0) is 13.0 Å². The monoisotopic (exact) mass is 352 g/mol. The molecule has 1 N–H and O–H groups in total. The van der Waals surface area contributed by atoms with Gasteiger partial charge < -0.3 is 10.1 Å². The fourth-order valence-corrected chi connectivity index (χ4v) is 2.84. The Bertz CT molecular complexity index is 662. The smallest absolute Gasteiger partial charge is 0.119 e. The van der Waals surface area contributed by atoms with Crippen LogP contribution >= 0.6 is 0 Å². The Morgan fingerprint density at radius 1 is 0.962 bits per heavy atom. The molecule has 3 heteroatoms. The van der Waals surface area contributed by atoms with Crippen molar-refractivity contribution in [3.8, 4) is 5.75 Å². The van der Waals surface area contributed by atoms with Crippen molar-refractivity contribution in [1.82, 2.24) is 4.90 Å². The summed E-state index contributed by atoms with van der Waals surface area (Å²) in [6.45, 7) is 8.16. The molecule has 1 unspecified atom stereocenters. The molecular formula is C23H32N2O. The molecule has 26 heavy (non-hydrogen) atoms. The molecule has 0 saturated carbocycles. The molecule has 0 aromatic heterocycles. The van der Waals surface area contributed by atoms with Crippen LogP contribution in [0.15, 0.2) is 48.5 Å². The average molecular weight is 353 g/mol. The van der Waals surface area contributed by atoms with E-state index in [1.807, 2.05) is 0 Å². The standard InChI is InChI=1S/C23H32N2O/c1-18(2)22-9-11-23(12-10-22)26-16-14-20-5-7-21(8-6-20)17-25(4)19(3)13-15-24/h5-12,15,18-19,24H,13-14,16-17H2,1-4H3. The lowest BCUT2D eigenvalue weighted by Crippen LogP contribution is -2.28. The van der Waals surface area contributed by atoms with Crippen LogP contribution in [0.5, 0.6) is 5.75 Å². The van der Waals surface area contributed by atoms with Crippen molar-refractivity contribution >= 4 is 6.21 Å². The highest BCUT2D eigenvalue weighted by molar-refractivity contribution is 5.53. The van der Waals surface area contributed by atoms with Crippen LogP contribution in [0.3, 0.4) is 0 Å². The van der Waals surface area contributed by atoms with Gasteiger partial charge >= 0.3 is 0 Å². The van der Waals surface area contributed by atoms with E-state index in [0.29, 0.717) is 18.6 Å². The van der Waals surface area contributed by atoms with Crippen molar-refractivity contribution in [2.24, 2.45) is 0 Å². The number of nitrogens with zero attached hydrogens (tertiary/aromatic N) is 1. The lowest BCUT2D eigenvalue weighted by molar-refractivity contribution is 0.256. The zero-order chi connectivity index (χ0) is 18.9. The van der Waals surface area contributed by atoms with Gasteiger partial charge in [0.15, 0.2) is 0 Å². The Kier molecular flexibility index (Phi) is 7.86. The van der Waals surface area contributed by atoms with Crippen LogP contribution in [0, 0.1) is 5.41 Å². The number of hydrogen-bond acceptors (Lipinski definition) is 3. The number of benzene rings is 2. The van der Waals surface area contributed by atoms with E-state index < -0.39 is 0 Å². The molecule has 0 aliphatic heterocycles. The van der Waals surface area contributed by atoms with Gasteiger partial charge in [0.25, 0.3) is 0 Å². The summed E-state index contributed by atoms with van der Waals surface area (Å²) < 4.78 is 5.87. The summed E-state index contributed by atoms with van der Waals surface area (Å²) in [4.78, 5) is 2.28. The average Bonchev–Trinajstić information content (AvgIpc) is 2.63. The van der Waals surface area contributed by atoms with Crippen LogP contribution in [0.4, 0.5) is 0 Å². The van der Waals surface area contributed by atoms with Gasteiger partial charge in [-0.25, -0.2) is 0 Å². The molecule has 0 fully saturated rings. The zero-order valence-corrected chi connectivity index (χ0v) is 16.5. The molecule has 3 nitrogen and oxygen atoms in total. The number of nitrogens with one attached hydrogen (secondary N) is 1. The summed E-state index contributed by atoms with van der Waals surface area (Å²) in [6, 6.07) is 17.6. The van der Waals surface area contributed by atoms with Crippen LogP contribution in [0.1, 0.15) is 49.8 Å².